The van der Waals surface area contributed by atoms with Gasteiger partial charge < -0.3 is 9.30 Å². The van der Waals surface area contributed by atoms with Crippen molar-refractivity contribution in [2.45, 2.75) is 45.1 Å². The number of sulfonamides is 1. The number of nitrogens with zero attached hydrogens (tertiary/aromatic N) is 3. The van der Waals surface area contributed by atoms with Crippen molar-refractivity contribution in [1.29, 1.82) is 0 Å². The van der Waals surface area contributed by atoms with Crippen molar-refractivity contribution in [3.63, 3.8) is 0 Å². The van der Waals surface area contributed by atoms with Crippen LogP contribution in [0, 0.1) is 0 Å². The van der Waals surface area contributed by atoms with E-state index in [1.807, 2.05) is 6.92 Å². The molecule has 0 aliphatic heterocycles. The van der Waals surface area contributed by atoms with Crippen molar-refractivity contribution < 1.29 is 22.7 Å². The van der Waals surface area contributed by atoms with Gasteiger partial charge in [0.25, 0.3) is 5.91 Å². The molecule has 1 aromatic heterocycles. The highest BCUT2D eigenvalue weighted by Gasteiger charge is 2.23. The van der Waals surface area contributed by atoms with Crippen molar-refractivity contribution in [1.82, 2.24) is 8.87 Å². The number of rotatable bonds is 10. The molecule has 2 aromatic carbocycles. The number of halogens is 1. The maximum atomic E-state index is 12.9. The molecule has 1 heterocycles. The molecular weight excluding hydrogens is 510 g/mol. The van der Waals surface area contributed by atoms with Gasteiger partial charge in [-0.05, 0) is 55.8 Å². The van der Waals surface area contributed by atoms with E-state index < -0.39 is 21.9 Å². The van der Waals surface area contributed by atoms with Gasteiger partial charge in [-0.2, -0.15) is 9.30 Å². The maximum Gasteiger partial charge on any atom is 0.326 e. The highest BCUT2D eigenvalue weighted by atomic mass is 35.5. The van der Waals surface area contributed by atoms with Crippen LogP contribution in [-0.4, -0.2) is 48.9 Å². The van der Waals surface area contributed by atoms with E-state index in [9.17, 15) is 18.0 Å². The number of benzene rings is 2. The van der Waals surface area contributed by atoms with Crippen molar-refractivity contribution >= 4 is 55.1 Å². The van der Waals surface area contributed by atoms with E-state index in [0.29, 0.717) is 28.4 Å². The van der Waals surface area contributed by atoms with Crippen LogP contribution in [0.1, 0.15) is 44.0 Å². The molecule has 0 fully saturated rings. The summed E-state index contributed by atoms with van der Waals surface area (Å²) in [5.41, 5.74) is 0.936. The number of thiazole rings is 1. The van der Waals surface area contributed by atoms with Gasteiger partial charge in [0.05, 0.1) is 21.7 Å². The first kappa shape index (κ1) is 27.1. The van der Waals surface area contributed by atoms with Crippen LogP contribution < -0.4 is 4.80 Å². The highest BCUT2D eigenvalue weighted by molar-refractivity contribution is 7.89. The molecule has 0 bridgehead atoms. The lowest BCUT2D eigenvalue weighted by Gasteiger charge is -2.20. The average molecular weight is 538 g/mol. The van der Waals surface area contributed by atoms with Gasteiger partial charge >= 0.3 is 5.97 Å². The van der Waals surface area contributed by atoms with E-state index >= 15 is 0 Å². The molecule has 0 aliphatic rings. The van der Waals surface area contributed by atoms with Crippen LogP contribution in [0.25, 0.3) is 10.2 Å². The van der Waals surface area contributed by atoms with E-state index in [0.717, 1.165) is 17.5 Å². The van der Waals surface area contributed by atoms with Gasteiger partial charge in [-0.1, -0.05) is 43.2 Å². The minimum absolute atomic E-state index is 0.108. The first-order valence-corrected chi connectivity index (χ1v) is 14.0. The summed E-state index contributed by atoms with van der Waals surface area (Å²) in [6.45, 7) is 6.47. The van der Waals surface area contributed by atoms with Crippen LogP contribution >= 0.6 is 22.9 Å². The molecule has 0 N–H and O–H groups in total. The molecule has 0 radical (unpaired) electrons. The van der Waals surface area contributed by atoms with Crippen LogP contribution in [0.4, 0.5) is 0 Å². The molecular formula is C24H28ClN3O5S2. The van der Waals surface area contributed by atoms with Crippen LogP contribution in [0.15, 0.2) is 52.4 Å². The van der Waals surface area contributed by atoms with E-state index in [4.69, 9.17) is 16.3 Å². The minimum atomic E-state index is -3.65. The predicted octanol–water partition coefficient (Wildman–Crippen LogP) is 4.47. The van der Waals surface area contributed by atoms with Gasteiger partial charge in [-0.15, -0.1) is 0 Å². The van der Waals surface area contributed by atoms with Gasteiger partial charge in [0.2, 0.25) is 10.0 Å². The Balaban J connectivity index is 1.95. The Kier molecular flexibility index (Phi) is 9.23. The van der Waals surface area contributed by atoms with Crippen molar-refractivity contribution in [2.24, 2.45) is 4.99 Å². The number of aromatic nitrogens is 1. The lowest BCUT2D eigenvalue weighted by molar-refractivity contribution is -0.143. The lowest BCUT2D eigenvalue weighted by atomic mass is 10.2. The Morgan fingerprint density at radius 3 is 2.46 bits per heavy atom. The fraction of sp³-hybridized carbons (Fsp3) is 0.375. The van der Waals surface area contributed by atoms with Crippen LogP contribution in [0.2, 0.25) is 5.02 Å². The SMILES string of the molecule is CCCCN(CC)S(=O)(=O)c1ccc(C(=O)N=c2sc3cc(Cl)ccc3n2CC(=O)OCC)cc1. The number of esters is 1. The predicted molar refractivity (Wildman–Crippen MR) is 137 cm³/mol. The minimum Gasteiger partial charge on any atom is -0.465 e. The third-order valence-electron chi connectivity index (χ3n) is 5.29. The number of unbranched alkanes of at least 4 members (excludes halogenated alkanes) is 1. The third-order valence-corrected chi connectivity index (χ3v) is 8.55. The monoisotopic (exact) mass is 537 g/mol. The van der Waals surface area contributed by atoms with Crippen molar-refractivity contribution in [2.75, 3.05) is 19.7 Å². The van der Waals surface area contributed by atoms with Gasteiger partial charge in [-0.25, -0.2) is 8.42 Å². The number of amides is 1. The summed E-state index contributed by atoms with van der Waals surface area (Å²) in [7, 11) is -3.65. The summed E-state index contributed by atoms with van der Waals surface area (Å²) >= 11 is 7.33. The Bertz CT molecular complexity index is 1380. The zero-order valence-corrected chi connectivity index (χ0v) is 22.3. The second-order valence-corrected chi connectivity index (χ2v) is 11.1. The first-order chi connectivity index (χ1) is 16.7. The second kappa shape index (κ2) is 11.9. The molecule has 3 rings (SSSR count). The molecule has 0 spiro atoms. The Morgan fingerprint density at radius 2 is 1.83 bits per heavy atom. The number of carbonyl (C=O) groups excluding carboxylic acids is 2. The fourth-order valence-corrected chi connectivity index (χ4v) is 6.26. The zero-order chi connectivity index (χ0) is 25.6. The van der Waals surface area contributed by atoms with Crippen molar-refractivity contribution in [3.05, 3.63) is 57.9 Å². The Hall–Kier alpha value is -2.53. The molecule has 188 valence electrons. The molecule has 0 unspecified atom stereocenters. The Morgan fingerprint density at radius 1 is 1.11 bits per heavy atom. The number of hydrogen-bond donors (Lipinski definition) is 0. The normalized spacial score (nSPS) is 12.4. The fourth-order valence-electron chi connectivity index (χ4n) is 3.47. The topological polar surface area (TPSA) is 98.0 Å². The molecule has 35 heavy (non-hydrogen) atoms. The number of fused-ring (bicyclic) bond motifs is 1. The summed E-state index contributed by atoms with van der Waals surface area (Å²) < 4.78 is 34.7. The molecule has 0 aliphatic carbocycles. The third kappa shape index (κ3) is 6.38. The molecule has 11 heteroatoms. The van der Waals surface area contributed by atoms with Gasteiger partial charge in [-0.3, -0.25) is 9.59 Å². The maximum absolute atomic E-state index is 12.9. The van der Waals surface area contributed by atoms with Crippen LogP contribution in [0.3, 0.4) is 0 Å². The Labute approximate surface area is 213 Å². The molecule has 8 nitrogen and oxygen atoms in total. The molecule has 0 atom stereocenters. The van der Waals surface area contributed by atoms with E-state index in [1.165, 1.54) is 39.9 Å². The summed E-state index contributed by atoms with van der Waals surface area (Å²) in [6, 6.07) is 10.9. The molecule has 0 saturated carbocycles. The molecule has 0 saturated heterocycles. The average Bonchev–Trinajstić information content (AvgIpc) is 3.15. The van der Waals surface area contributed by atoms with E-state index in [2.05, 4.69) is 4.99 Å². The molecule has 3 aromatic rings. The largest absolute Gasteiger partial charge is 0.465 e. The smallest absolute Gasteiger partial charge is 0.326 e. The number of hydrogen-bond acceptors (Lipinski definition) is 6. The second-order valence-electron chi connectivity index (χ2n) is 7.68. The lowest BCUT2D eigenvalue weighted by Crippen LogP contribution is -2.31. The standard InChI is InChI=1S/C24H28ClN3O5S2/c1-4-7-14-27(5-2)35(31,32)19-11-8-17(9-12-19)23(30)26-24-28(16-22(29)33-6-3)20-13-10-18(25)15-21(20)34-24/h8-13,15H,4-7,14,16H2,1-3H3. The van der Waals surface area contributed by atoms with Crippen molar-refractivity contribution in [3.8, 4) is 0 Å². The van der Waals surface area contributed by atoms with Crippen LogP contribution in [-0.2, 0) is 26.1 Å². The number of ether oxygens (including phenoxy) is 1. The van der Waals surface area contributed by atoms with E-state index in [-0.39, 0.29) is 23.6 Å². The molecule has 1 amide bonds. The van der Waals surface area contributed by atoms with Crippen LogP contribution in [0.5, 0.6) is 0 Å². The van der Waals surface area contributed by atoms with Gasteiger partial charge in [0.1, 0.15) is 6.54 Å². The number of carbonyl (C=O) groups is 2. The van der Waals surface area contributed by atoms with E-state index in [1.54, 1.807) is 36.6 Å². The zero-order valence-electron chi connectivity index (χ0n) is 19.9. The summed E-state index contributed by atoms with van der Waals surface area (Å²) in [6.07, 6.45) is 1.66. The van der Waals surface area contributed by atoms with Gasteiger partial charge in [0.15, 0.2) is 4.80 Å². The summed E-state index contributed by atoms with van der Waals surface area (Å²) in [5, 5.41) is 0.525. The summed E-state index contributed by atoms with van der Waals surface area (Å²) in [5.74, 6) is -1.00. The quantitative estimate of drug-likeness (QED) is 0.355. The van der Waals surface area contributed by atoms with Gasteiger partial charge in [0, 0.05) is 23.7 Å². The first-order valence-electron chi connectivity index (χ1n) is 11.3. The highest BCUT2D eigenvalue weighted by Crippen LogP contribution is 2.22. The summed E-state index contributed by atoms with van der Waals surface area (Å²) in [4.78, 5) is 29.8.